The molecule has 0 bridgehead atoms. The molecular weight excluding hydrogens is 318 g/mol. The molecule has 0 unspecified atom stereocenters. The molecule has 132 valence electrons. The van der Waals surface area contributed by atoms with Gasteiger partial charge in [-0.3, -0.25) is 9.63 Å². The van der Waals surface area contributed by atoms with E-state index in [2.05, 4.69) is 10.3 Å². The van der Waals surface area contributed by atoms with Crippen LogP contribution in [0.25, 0.3) is 0 Å². The number of nitrogens with zero attached hydrogens (tertiary/aromatic N) is 2. The Morgan fingerprint density at radius 2 is 2.20 bits per heavy atom. The zero-order valence-electron chi connectivity index (χ0n) is 14.4. The number of aromatic nitrogens is 1. The van der Waals surface area contributed by atoms with E-state index >= 15 is 0 Å². The maximum Gasteiger partial charge on any atom is 0.224 e. The minimum absolute atomic E-state index is 0.0128. The number of ether oxygens (including phenoxy) is 1. The van der Waals surface area contributed by atoms with Crippen LogP contribution in [0.15, 0.2) is 42.6 Å². The van der Waals surface area contributed by atoms with Crippen molar-refractivity contribution in [2.24, 2.45) is 0 Å². The van der Waals surface area contributed by atoms with Crippen molar-refractivity contribution in [3.63, 3.8) is 0 Å². The van der Waals surface area contributed by atoms with E-state index in [-0.39, 0.29) is 5.91 Å². The standard InChI is InChI=1S/C19H23N3O3/c1-15-6-2-3-8-17(15)25-19-16(7-4-10-20-19)14-21-18(23)9-12-22-11-5-13-24-22/h2-4,6-8,10H,5,9,11-14H2,1H3,(H,21,23). The lowest BCUT2D eigenvalue weighted by atomic mass is 10.2. The van der Waals surface area contributed by atoms with Gasteiger partial charge in [0, 0.05) is 37.8 Å². The highest BCUT2D eigenvalue weighted by Crippen LogP contribution is 2.25. The van der Waals surface area contributed by atoms with Crippen molar-refractivity contribution < 1.29 is 14.4 Å². The van der Waals surface area contributed by atoms with Gasteiger partial charge in [-0.25, -0.2) is 4.98 Å². The van der Waals surface area contributed by atoms with Crippen molar-refractivity contribution in [3.05, 3.63) is 53.7 Å². The van der Waals surface area contributed by atoms with Gasteiger partial charge in [0.2, 0.25) is 11.8 Å². The van der Waals surface area contributed by atoms with Gasteiger partial charge in [0.1, 0.15) is 5.75 Å². The van der Waals surface area contributed by atoms with Crippen LogP contribution in [-0.4, -0.2) is 35.7 Å². The topological polar surface area (TPSA) is 63.7 Å². The summed E-state index contributed by atoms with van der Waals surface area (Å²) in [6, 6.07) is 11.5. The van der Waals surface area contributed by atoms with Crippen LogP contribution in [0.5, 0.6) is 11.6 Å². The summed E-state index contributed by atoms with van der Waals surface area (Å²) < 4.78 is 5.92. The number of hydrogen-bond acceptors (Lipinski definition) is 5. The second-order valence-electron chi connectivity index (χ2n) is 5.98. The largest absolute Gasteiger partial charge is 0.438 e. The monoisotopic (exact) mass is 341 g/mol. The highest BCUT2D eigenvalue weighted by Gasteiger charge is 2.14. The Morgan fingerprint density at radius 1 is 1.32 bits per heavy atom. The number of aryl methyl sites for hydroxylation is 1. The molecule has 1 aromatic heterocycles. The quantitative estimate of drug-likeness (QED) is 0.839. The third-order valence-electron chi connectivity index (χ3n) is 4.04. The van der Waals surface area contributed by atoms with E-state index in [0.29, 0.717) is 25.4 Å². The molecule has 2 heterocycles. The number of nitrogens with one attached hydrogen (secondary N) is 1. The van der Waals surface area contributed by atoms with Crippen molar-refractivity contribution in [2.45, 2.75) is 26.3 Å². The van der Waals surface area contributed by atoms with Gasteiger partial charge in [-0.15, -0.1) is 0 Å². The van der Waals surface area contributed by atoms with Crippen LogP contribution in [0, 0.1) is 6.92 Å². The Hall–Kier alpha value is -2.44. The second-order valence-corrected chi connectivity index (χ2v) is 5.98. The molecule has 1 fully saturated rings. The van der Waals surface area contributed by atoms with Gasteiger partial charge in [-0.05, 0) is 31.0 Å². The van der Waals surface area contributed by atoms with E-state index < -0.39 is 0 Å². The van der Waals surface area contributed by atoms with Crippen LogP contribution < -0.4 is 10.1 Å². The molecule has 0 aliphatic carbocycles. The van der Waals surface area contributed by atoms with Gasteiger partial charge in [-0.2, -0.15) is 5.06 Å². The summed E-state index contributed by atoms with van der Waals surface area (Å²) in [5, 5.41) is 4.77. The van der Waals surface area contributed by atoms with Crippen molar-refractivity contribution in [1.82, 2.24) is 15.4 Å². The Morgan fingerprint density at radius 3 is 3.00 bits per heavy atom. The summed E-state index contributed by atoms with van der Waals surface area (Å²) in [5.41, 5.74) is 1.88. The molecule has 1 amide bonds. The van der Waals surface area contributed by atoms with E-state index in [1.807, 2.05) is 48.4 Å². The van der Waals surface area contributed by atoms with Gasteiger partial charge < -0.3 is 10.1 Å². The summed E-state index contributed by atoms with van der Waals surface area (Å²) in [7, 11) is 0. The van der Waals surface area contributed by atoms with E-state index in [0.717, 1.165) is 36.4 Å². The van der Waals surface area contributed by atoms with Crippen molar-refractivity contribution in [1.29, 1.82) is 0 Å². The SMILES string of the molecule is Cc1ccccc1Oc1ncccc1CNC(=O)CCN1CCCO1. The van der Waals surface area contributed by atoms with Gasteiger partial charge in [0.05, 0.1) is 6.61 Å². The number of carbonyl (C=O) groups excluding carboxylic acids is 1. The van der Waals surface area contributed by atoms with Gasteiger partial charge in [-0.1, -0.05) is 24.3 Å². The van der Waals surface area contributed by atoms with Crippen molar-refractivity contribution >= 4 is 5.91 Å². The molecule has 0 atom stereocenters. The first-order valence-electron chi connectivity index (χ1n) is 8.54. The predicted molar refractivity (Wildman–Crippen MR) is 94.1 cm³/mol. The van der Waals surface area contributed by atoms with E-state index in [1.165, 1.54) is 0 Å². The molecule has 3 rings (SSSR count). The average Bonchev–Trinajstić information content (AvgIpc) is 3.15. The third-order valence-corrected chi connectivity index (χ3v) is 4.04. The zero-order valence-corrected chi connectivity index (χ0v) is 14.4. The molecule has 2 aromatic rings. The lowest BCUT2D eigenvalue weighted by Crippen LogP contribution is -2.28. The molecule has 0 saturated carbocycles. The first-order chi connectivity index (χ1) is 12.2. The predicted octanol–water partition coefficient (Wildman–Crippen LogP) is 2.83. The Labute approximate surface area is 147 Å². The molecule has 6 heteroatoms. The fraction of sp³-hybridized carbons (Fsp3) is 0.368. The summed E-state index contributed by atoms with van der Waals surface area (Å²) >= 11 is 0. The summed E-state index contributed by atoms with van der Waals surface area (Å²) in [6.45, 7) is 4.63. The number of hydrogen-bond donors (Lipinski definition) is 1. The highest BCUT2D eigenvalue weighted by atomic mass is 16.7. The fourth-order valence-electron chi connectivity index (χ4n) is 2.61. The number of para-hydroxylation sites is 1. The minimum atomic E-state index is -0.0128. The summed E-state index contributed by atoms with van der Waals surface area (Å²) in [5.74, 6) is 1.26. The first-order valence-corrected chi connectivity index (χ1v) is 8.54. The molecule has 1 aromatic carbocycles. The Balaban J connectivity index is 1.55. The lowest BCUT2D eigenvalue weighted by molar-refractivity contribution is -0.130. The number of rotatable bonds is 7. The number of hydroxylamine groups is 2. The number of benzene rings is 1. The fourth-order valence-corrected chi connectivity index (χ4v) is 2.61. The van der Waals surface area contributed by atoms with Gasteiger partial charge in [0.15, 0.2) is 0 Å². The minimum Gasteiger partial charge on any atom is -0.438 e. The van der Waals surface area contributed by atoms with Crippen molar-refractivity contribution in [2.75, 3.05) is 19.7 Å². The number of carbonyl (C=O) groups is 1. The smallest absolute Gasteiger partial charge is 0.224 e. The summed E-state index contributed by atoms with van der Waals surface area (Å²) in [6.07, 6.45) is 3.12. The molecule has 1 aliphatic rings. The highest BCUT2D eigenvalue weighted by molar-refractivity contribution is 5.76. The average molecular weight is 341 g/mol. The third kappa shape index (κ3) is 5.01. The molecule has 1 aliphatic heterocycles. The van der Waals surface area contributed by atoms with E-state index in [1.54, 1.807) is 6.20 Å². The maximum atomic E-state index is 12.0. The van der Waals surface area contributed by atoms with Gasteiger partial charge in [0.25, 0.3) is 0 Å². The van der Waals surface area contributed by atoms with Crippen LogP contribution in [0.4, 0.5) is 0 Å². The van der Waals surface area contributed by atoms with Crippen molar-refractivity contribution in [3.8, 4) is 11.6 Å². The molecule has 25 heavy (non-hydrogen) atoms. The molecular formula is C19H23N3O3. The molecule has 1 saturated heterocycles. The zero-order chi connectivity index (χ0) is 17.5. The van der Waals surface area contributed by atoms with Crippen LogP contribution >= 0.6 is 0 Å². The van der Waals surface area contributed by atoms with E-state index in [4.69, 9.17) is 9.57 Å². The van der Waals surface area contributed by atoms with Crippen LogP contribution in [0.3, 0.4) is 0 Å². The Kier molecular flexibility index (Phi) is 5.98. The van der Waals surface area contributed by atoms with Crippen LogP contribution in [0.1, 0.15) is 24.0 Å². The van der Waals surface area contributed by atoms with E-state index in [9.17, 15) is 4.79 Å². The van der Waals surface area contributed by atoms with Gasteiger partial charge >= 0.3 is 0 Å². The molecule has 0 spiro atoms. The maximum absolute atomic E-state index is 12.0. The lowest BCUT2D eigenvalue weighted by Gasteiger charge is -2.14. The molecule has 6 nitrogen and oxygen atoms in total. The first kappa shape index (κ1) is 17.4. The molecule has 1 N–H and O–H groups in total. The number of amides is 1. The normalized spacial score (nSPS) is 14.4. The molecule has 0 radical (unpaired) electrons. The van der Waals surface area contributed by atoms with Crippen LogP contribution in [0.2, 0.25) is 0 Å². The Bertz CT molecular complexity index is 715. The second kappa shape index (κ2) is 8.60. The summed E-state index contributed by atoms with van der Waals surface area (Å²) in [4.78, 5) is 21.7. The number of pyridine rings is 1. The van der Waals surface area contributed by atoms with Crippen LogP contribution in [-0.2, 0) is 16.2 Å².